The Morgan fingerprint density at radius 2 is 1.37 bits per heavy atom. The maximum Gasteiger partial charge on any atom is -0.0106 e. The molecule has 0 heteroatoms. The van der Waals surface area contributed by atoms with Crippen molar-refractivity contribution >= 4 is 0 Å². The van der Waals surface area contributed by atoms with Gasteiger partial charge in [-0.2, -0.15) is 0 Å². The number of benzene rings is 1. The van der Waals surface area contributed by atoms with Crippen molar-refractivity contribution in [2.75, 3.05) is 0 Å². The summed E-state index contributed by atoms with van der Waals surface area (Å²) in [6.07, 6.45) is 1.24. The summed E-state index contributed by atoms with van der Waals surface area (Å²) < 4.78 is 0. The molecule has 0 aliphatic carbocycles. The van der Waals surface area contributed by atoms with Crippen LogP contribution in [0.2, 0.25) is 0 Å². The number of aryl methyl sites for hydroxylation is 1. The molecule has 1 unspecified atom stereocenters. The van der Waals surface area contributed by atoms with Crippen LogP contribution in [0.15, 0.2) is 12.1 Å². The van der Waals surface area contributed by atoms with Gasteiger partial charge < -0.3 is 0 Å². The van der Waals surface area contributed by atoms with Crippen molar-refractivity contribution in [1.29, 1.82) is 0 Å². The fraction of sp³-hybridized carbons (Fsp3) is 0.684. The van der Waals surface area contributed by atoms with Gasteiger partial charge in [-0.15, -0.1) is 0 Å². The van der Waals surface area contributed by atoms with E-state index in [1.54, 1.807) is 5.56 Å². The second-order valence-corrected chi connectivity index (χ2v) is 8.41. The Labute approximate surface area is 120 Å². The average molecular weight is 260 g/mol. The van der Waals surface area contributed by atoms with Crippen molar-refractivity contribution in [3.8, 4) is 0 Å². The lowest BCUT2D eigenvalue weighted by Crippen LogP contribution is -2.24. The quantitative estimate of drug-likeness (QED) is 0.596. The molecule has 19 heavy (non-hydrogen) atoms. The minimum Gasteiger partial charge on any atom is -0.0602 e. The molecule has 1 atom stereocenters. The largest absolute Gasteiger partial charge is 0.0602 e. The van der Waals surface area contributed by atoms with Crippen LogP contribution in [0.1, 0.15) is 76.1 Å². The van der Waals surface area contributed by atoms with Crippen LogP contribution >= 0.6 is 0 Å². The summed E-state index contributed by atoms with van der Waals surface area (Å²) in [5, 5.41) is 0. The molecule has 0 heterocycles. The number of hydrogen-bond donors (Lipinski definition) is 0. The van der Waals surface area contributed by atoms with Crippen LogP contribution in [0.5, 0.6) is 0 Å². The van der Waals surface area contributed by atoms with E-state index in [0.29, 0.717) is 16.7 Å². The Balaban J connectivity index is 3.31. The van der Waals surface area contributed by atoms with Crippen molar-refractivity contribution in [3.05, 3.63) is 34.4 Å². The maximum atomic E-state index is 2.37. The summed E-state index contributed by atoms with van der Waals surface area (Å²) in [5.41, 5.74) is 6.57. The second kappa shape index (κ2) is 5.31. The lowest BCUT2D eigenvalue weighted by molar-refractivity contribution is 0.228. The second-order valence-electron chi connectivity index (χ2n) is 8.41. The predicted octanol–water partition coefficient (Wildman–Crippen LogP) is 6.18. The highest BCUT2D eigenvalue weighted by Gasteiger charge is 2.31. The fourth-order valence-electron chi connectivity index (χ4n) is 2.85. The summed E-state index contributed by atoms with van der Waals surface area (Å²) in [5.74, 6) is 0.617. The minimum absolute atomic E-state index is 0.305. The molecule has 0 nitrogen and oxygen atoms in total. The van der Waals surface area contributed by atoms with Crippen LogP contribution in [0.4, 0.5) is 0 Å². The van der Waals surface area contributed by atoms with Gasteiger partial charge in [0.25, 0.3) is 0 Å². The minimum atomic E-state index is 0.305. The third-order valence-electron chi connectivity index (χ3n) is 4.34. The summed E-state index contributed by atoms with van der Waals surface area (Å²) in [6, 6.07) is 4.65. The van der Waals surface area contributed by atoms with E-state index in [-0.39, 0.29) is 0 Å². The third kappa shape index (κ3) is 4.09. The molecular weight excluding hydrogens is 228 g/mol. The van der Waals surface area contributed by atoms with E-state index in [4.69, 9.17) is 0 Å². The summed E-state index contributed by atoms with van der Waals surface area (Å²) >= 11 is 0. The maximum absolute atomic E-state index is 2.37. The Morgan fingerprint density at radius 3 is 1.79 bits per heavy atom. The molecule has 0 fully saturated rings. The van der Waals surface area contributed by atoms with Gasteiger partial charge in [0.2, 0.25) is 0 Å². The molecule has 1 aromatic rings. The van der Waals surface area contributed by atoms with E-state index in [0.717, 1.165) is 0 Å². The average Bonchev–Trinajstić information content (AvgIpc) is 2.21. The van der Waals surface area contributed by atoms with E-state index >= 15 is 0 Å². The van der Waals surface area contributed by atoms with Crippen LogP contribution in [-0.2, 0) is 0 Å². The zero-order chi connectivity index (χ0) is 15.0. The predicted molar refractivity (Wildman–Crippen MR) is 86.9 cm³/mol. The van der Waals surface area contributed by atoms with Crippen LogP contribution in [0, 0.1) is 31.6 Å². The van der Waals surface area contributed by atoms with Gasteiger partial charge in [-0.05, 0) is 66.2 Å². The molecule has 0 N–H and O–H groups in total. The SMILES string of the molecule is Cc1ccc(C(CC(C)(C)C)C(C)(C)C)c(C)c1C. The molecule has 0 bridgehead atoms. The van der Waals surface area contributed by atoms with Crippen LogP contribution in [-0.4, -0.2) is 0 Å². The van der Waals surface area contributed by atoms with Crippen molar-refractivity contribution in [1.82, 2.24) is 0 Å². The highest BCUT2D eigenvalue weighted by Crippen LogP contribution is 2.44. The standard InChI is InChI=1S/C19H32/c1-13-10-11-16(15(3)14(13)2)17(19(7,8)9)12-18(4,5)6/h10-11,17H,12H2,1-9H3. The van der Waals surface area contributed by atoms with E-state index in [1.807, 2.05) is 0 Å². The molecule has 0 radical (unpaired) electrons. The summed E-state index contributed by atoms with van der Waals surface area (Å²) in [7, 11) is 0. The molecule has 1 aromatic carbocycles. The first-order valence-electron chi connectivity index (χ1n) is 7.50. The lowest BCUT2D eigenvalue weighted by atomic mass is 9.68. The summed E-state index contributed by atoms with van der Waals surface area (Å²) in [4.78, 5) is 0. The van der Waals surface area contributed by atoms with Gasteiger partial charge in [0.15, 0.2) is 0 Å². The van der Waals surface area contributed by atoms with Gasteiger partial charge >= 0.3 is 0 Å². The molecule has 108 valence electrons. The molecule has 0 aromatic heterocycles. The monoisotopic (exact) mass is 260 g/mol. The first-order valence-corrected chi connectivity index (χ1v) is 7.50. The Kier molecular flexibility index (Phi) is 4.55. The van der Waals surface area contributed by atoms with Crippen LogP contribution < -0.4 is 0 Å². The molecular formula is C19H32. The zero-order valence-corrected chi connectivity index (χ0v) is 14.4. The van der Waals surface area contributed by atoms with Crippen LogP contribution in [0.25, 0.3) is 0 Å². The smallest absolute Gasteiger partial charge is 0.0106 e. The lowest BCUT2D eigenvalue weighted by Gasteiger charge is -2.37. The van der Waals surface area contributed by atoms with E-state index < -0.39 is 0 Å². The van der Waals surface area contributed by atoms with Crippen LogP contribution in [0.3, 0.4) is 0 Å². The van der Waals surface area contributed by atoms with Gasteiger partial charge in [0, 0.05) is 0 Å². The van der Waals surface area contributed by atoms with Gasteiger partial charge in [0.05, 0.1) is 0 Å². The third-order valence-corrected chi connectivity index (χ3v) is 4.34. The number of rotatable bonds is 2. The van der Waals surface area contributed by atoms with Gasteiger partial charge in [-0.3, -0.25) is 0 Å². The zero-order valence-electron chi connectivity index (χ0n) is 14.4. The normalized spacial score (nSPS) is 14.6. The number of hydrogen-bond acceptors (Lipinski definition) is 0. The van der Waals surface area contributed by atoms with E-state index in [1.165, 1.54) is 23.1 Å². The fourth-order valence-corrected chi connectivity index (χ4v) is 2.85. The van der Waals surface area contributed by atoms with Gasteiger partial charge in [-0.25, -0.2) is 0 Å². The van der Waals surface area contributed by atoms with Gasteiger partial charge in [-0.1, -0.05) is 53.7 Å². The molecule has 0 aliphatic heterocycles. The van der Waals surface area contributed by atoms with Gasteiger partial charge in [0.1, 0.15) is 0 Å². The first-order chi connectivity index (χ1) is 8.43. The Morgan fingerprint density at radius 1 is 0.842 bits per heavy atom. The van der Waals surface area contributed by atoms with Crippen molar-refractivity contribution in [2.45, 2.75) is 74.7 Å². The first kappa shape index (κ1) is 16.3. The molecule has 1 rings (SSSR count). The highest BCUT2D eigenvalue weighted by atomic mass is 14.4. The van der Waals surface area contributed by atoms with E-state index in [9.17, 15) is 0 Å². The molecule has 0 saturated carbocycles. The van der Waals surface area contributed by atoms with Crippen molar-refractivity contribution < 1.29 is 0 Å². The van der Waals surface area contributed by atoms with Crippen molar-refractivity contribution in [2.24, 2.45) is 10.8 Å². The molecule has 0 saturated heterocycles. The van der Waals surface area contributed by atoms with Crippen molar-refractivity contribution in [3.63, 3.8) is 0 Å². The summed E-state index contributed by atoms with van der Waals surface area (Å²) in [6.45, 7) is 20.9. The molecule has 0 spiro atoms. The Hall–Kier alpha value is -0.780. The topological polar surface area (TPSA) is 0 Å². The molecule has 0 aliphatic rings. The highest BCUT2D eigenvalue weighted by molar-refractivity contribution is 5.41. The molecule has 0 amide bonds. The Bertz CT molecular complexity index is 438. The van der Waals surface area contributed by atoms with E-state index in [2.05, 4.69) is 74.4 Å².